The number of carboxylic acid groups (broad SMARTS) is 1. The third kappa shape index (κ3) is 10.1. The molecule has 0 amide bonds. The summed E-state index contributed by atoms with van der Waals surface area (Å²) >= 11 is 7.87. The molecule has 0 spiro atoms. The first-order chi connectivity index (χ1) is 30.5. The summed E-state index contributed by atoms with van der Waals surface area (Å²) in [5, 5.41) is 21.8. The summed E-state index contributed by atoms with van der Waals surface area (Å²) in [6, 6.07) is 23.6. The highest BCUT2D eigenvalue weighted by atomic mass is 35.5. The second kappa shape index (κ2) is 19.3. The first kappa shape index (κ1) is 45.9. The molecule has 2 N–H and O–H groups in total. The normalized spacial score (nSPS) is 12.3. The maximum atomic E-state index is 14.1. The number of hydrogen-bond donors (Lipinski definition) is 2. The molecule has 16 heteroatoms. The molecule has 0 fully saturated rings. The fourth-order valence-corrected chi connectivity index (χ4v) is 9.06. The molecule has 3 aromatic heterocycles. The molecule has 12 nitrogen and oxygen atoms in total. The molecule has 1 atom stereocenters. The minimum absolute atomic E-state index is 0.00288. The Bertz CT molecular complexity index is 2800. The maximum absolute atomic E-state index is 14.1. The lowest BCUT2D eigenvalue weighted by Gasteiger charge is -2.36. The van der Waals surface area contributed by atoms with Crippen molar-refractivity contribution in [2.24, 2.45) is 0 Å². The van der Waals surface area contributed by atoms with Crippen LogP contribution in [0.1, 0.15) is 37.6 Å². The summed E-state index contributed by atoms with van der Waals surface area (Å²) in [7, 11) is -0.441. The van der Waals surface area contributed by atoms with E-state index in [1.54, 1.807) is 62.7 Å². The quantitative estimate of drug-likeness (QED) is 0.0659. The summed E-state index contributed by atoms with van der Waals surface area (Å²) < 4.78 is 44.9. The number of nitrogens with zero attached hydrogens (tertiary/aromatic N) is 4. The maximum Gasteiger partial charge on any atom is 0.345 e. The summed E-state index contributed by atoms with van der Waals surface area (Å²) in [6.07, 6.45) is 1.29. The van der Waals surface area contributed by atoms with Gasteiger partial charge in [0, 0.05) is 28.6 Å². The van der Waals surface area contributed by atoms with Crippen molar-refractivity contribution < 1.29 is 42.8 Å². The van der Waals surface area contributed by atoms with Gasteiger partial charge in [0.25, 0.3) is 0 Å². The number of thiophene rings is 1. The first-order valence-electron chi connectivity index (χ1n) is 20.4. The Hall–Kier alpha value is -6.13. The van der Waals surface area contributed by atoms with Gasteiger partial charge in [0.1, 0.15) is 53.2 Å². The zero-order chi connectivity index (χ0) is 45.8. The topological polar surface area (TPSA) is 155 Å². The second-order valence-electron chi connectivity index (χ2n) is 16.5. The highest BCUT2D eigenvalue weighted by Gasteiger charge is 2.37. The van der Waals surface area contributed by atoms with Gasteiger partial charge in [-0.1, -0.05) is 62.7 Å². The minimum atomic E-state index is -2.02. The zero-order valence-electron chi connectivity index (χ0n) is 36.4. The Balaban J connectivity index is 1.24. The second-order valence-corrected chi connectivity index (χ2v) is 22.7. The monoisotopic (exact) mass is 922 g/mol. The Morgan fingerprint density at radius 1 is 0.922 bits per heavy atom. The number of fused-ring (bicyclic) bond motifs is 1. The Kier molecular flexibility index (Phi) is 13.8. The first-order valence-corrected chi connectivity index (χ1v) is 24.5. The average Bonchev–Trinajstić information content (AvgIpc) is 3.66. The van der Waals surface area contributed by atoms with E-state index in [-0.39, 0.29) is 41.3 Å². The van der Waals surface area contributed by atoms with Crippen LogP contribution in [-0.4, -0.2) is 70.9 Å². The van der Waals surface area contributed by atoms with Gasteiger partial charge in [-0.05, 0) is 96.3 Å². The number of aliphatic carboxylic acids is 1. The number of phenols is 1. The summed E-state index contributed by atoms with van der Waals surface area (Å²) in [5.41, 5.74) is 4.22. The lowest BCUT2D eigenvalue weighted by atomic mass is 9.96. The van der Waals surface area contributed by atoms with Gasteiger partial charge in [0.15, 0.2) is 14.1 Å². The van der Waals surface area contributed by atoms with Crippen LogP contribution in [0.2, 0.25) is 23.2 Å². The van der Waals surface area contributed by atoms with E-state index in [1.807, 2.05) is 24.3 Å². The van der Waals surface area contributed by atoms with Crippen LogP contribution in [0.15, 0.2) is 97.5 Å². The van der Waals surface area contributed by atoms with Crippen LogP contribution in [0, 0.1) is 12.7 Å². The largest absolute Gasteiger partial charge is 0.506 e. The van der Waals surface area contributed by atoms with Crippen molar-refractivity contribution in [3.8, 4) is 61.8 Å². The predicted molar refractivity (Wildman–Crippen MR) is 249 cm³/mol. The number of aromatic nitrogens is 4. The number of carboxylic acids is 1. The molecule has 0 saturated heterocycles. The molecule has 0 radical (unpaired) electrons. The standard InChI is InChI=1S/C48H48ClFN4O8SSi/c1-28-34(17-18-36(55)42(28)49)40-41-45(52-27-53-46(41)63-43(40)29-12-14-31(50)15-13-29)62-39(47(56)57)25-30-24-33(59-22-23-61-64(6,7)48(2,3)4)16-19-37(30)60-26-32-20-21-51-44(54-32)35-10-8-9-11-38(35)58-5/h8-21,24,27,39,55H,22-23,25-26H2,1-7H3,(H,56,57). The number of rotatable bonds is 17. The lowest BCUT2D eigenvalue weighted by molar-refractivity contribution is -0.145. The number of para-hydroxylation sites is 1. The molecular formula is C48H48ClFN4O8SSi. The van der Waals surface area contributed by atoms with Crippen LogP contribution in [0.3, 0.4) is 0 Å². The highest BCUT2D eigenvalue weighted by molar-refractivity contribution is 7.22. The van der Waals surface area contributed by atoms with Crippen molar-refractivity contribution in [3.05, 3.63) is 125 Å². The molecule has 0 bridgehead atoms. The van der Waals surface area contributed by atoms with E-state index in [0.29, 0.717) is 83.8 Å². The van der Waals surface area contributed by atoms with E-state index < -0.39 is 26.2 Å². The fourth-order valence-electron chi connectivity index (χ4n) is 6.72. The molecule has 0 aliphatic carbocycles. The SMILES string of the molecule is COc1ccccc1-c1nccc(COc2ccc(OCCO[Si](C)(C)C(C)(C)C)cc2CC(Oc2ncnc3sc(-c4ccc(F)cc4)c(-c4ccc(O)c(Cl)c4C)c23)C(=O)O)n1. The molecule has 64 heavy (non-hydrogen) atoms. The van der Waals surface area contributed by atoms with Crippen LogP contribution in [-0.2, 0) is 22.2 Å². The van der Waals surface area contributed by atoms with E-state index in [4.69, 9.17) is 40.0 Å². The van der Waals surface area contributed by atoms with Gasteiger partial charge < -0.3 is 33.6 Å². The Labute approximate surface area is 380 Å². The minimum Gasteiger partial charge on any atom is -0.506 e. The van der Waals surface area contributed by atoms with Crippen molar-refractivity contribution >= 4 is 47.4 Å². The van der Waals surface area contributed by atoms with Crippen molar-refractivity contribution in [3.63, 3.8) is 0 Å². The van der Waals surface area contributed by atoms with Crippen LogP contribution in [0.4, 0.5) is 4.39 Å². The number of halogens is 2. The molecule has 7 aromatic rings. The third-order valence-corrected chi connectivity index (χ3v) is 17.4. The van der Waals surface area contributed by atoms with Crippen molar-refractivity contribution in [1.29, 1.82) is 0 Å². The molecular weight excluding hydrogens is 875 g/mol. The average molecular weight is 924 g/mol. The predicted octanol–water partition coefficient (Wildman–Crippen LogP) is 11.4. The zero-order valence-corrected chi connectivity index (χ0v) is 39.0. The number of benzene rings is 4. The van der Waals surface area contributed by atoms with Crippen LogP contribution >= 0.6 is 22.9 Å². The van der Waals surface area contributed by atoms with Crippen molar-refractivity contribution in [2.45, 2.75) is 65.0 Å². The highest BCUT2D eigenvalue weighted by Crippen LogP contribution is 2.49. The van der Waals surface area contributed by atoms with E-state index >= 15 is 0 Å². The Morgan fingerprint density at radius 2 is 1.69 bits per heavy atom. The van der Waals surface area contributed by atoms with E-state index in [0.717, 1.165) is 0 Å². The molecule has 332 valence electrons. The smallest absolute Gasteiger partial charge is 0.345 e. The lowest BCUT2D eigenvalue weighted by Crippen LogP contribution is -2.41. The molecule has 7 rings (SSSR count). The summed E-state index contributed by atoms with van der Waals surface area (Å²) in [5.74, 6) is 0.179. The third-order valence-electron chi connectivity index (χ3n) is 11.2. The number of carbonyl (C=O) groups is 1. The van der Waals surface area contributed by atoms with E-state index in [1.165, 1.54) is 35.9 Å². The van der Waals surface area contributed by atoms with Crippen molar-refractivity contribution in [1.82, 2.24) is 19.9 Å². The molecule has 3 heterocycles. The van der Waals surface area contributed by atoms with Gasteiger partial charge in [-0.25, -0.2) is 29.1 Å². The summed E-state index contributed by atoms with van der Waals surface area (Å²) in [4.78, 5) is 32.6. The van der Waals surface area contributed by atoms with Crippen LogP contribution in [0.5, 0.6) is 28.9 Å². The number of hydrogen-bond acceptors (Lipinski definition) is 12. The summed E-state index contributed by atoms with van der Waals surface area (Å²) in [6.45, 7) is 13.3. The van der Waals surface area contributed by atoms with E-state index in [9.17, 15) is 19.4 Å². The number of ether oxygens (including phenoxy) is 4. The molecule has 1 unspecified atom stereocenters. The van der Waals surface area contributed by atoms with Crippen LogP contribution in [0.25, 0.3) is 43.2 Å². The van der Waals surface area contributed by atoms with Gasteiger partial charge in [0.2, 0.25) is 12.0 Å². The molecule has 0 saturated carbocycles. The fraction of sp³-hybridized carbons (Fsp3) is 0.271. The van der Waals surface area contributed by atoms with Crippen molar-refractivity contribution in [2.75, 3.05) is 20.3 Å². The Morgan fingerprint density at radius 3 is 2.42 bits per heavy atom. The van der Waals surface area contributed by atoms with Gasteiger partial charge >= 0.3 is 5.97 Å². The number of phenolic OH excluding ortho intramolecular Hbond substituents is 1. The van der Waals surface area contributed by atoms with Gasteiger partial charge in [0.05, 0.1) is 35.4 Å². The molecule has 4 aromatic carbocycles. The van der Waals surface area contributed by atoms with Gasteiger partial charge in [-0.3, -0.25) is 0 Å². The van der Waals surface area contributed by atoms with Gasteiger partial charge in [-0.15, -0.1) is 11.3 Å². The molecule has 0 aliphatic heterocycles. The number of aromatic hydroxyl groups is 1. The van der Waals surface area contributed by atoms with Gasteiger partial charge in [-0.2, -0.15) is 0 Å². The molecule has 0 aliphatic rings. The number of methoxy groups -OCH3 is 1. The van der Waals surface area contributed by atoms with Crippen LogP contribution < -0.4 is 18.9 Å². The van der Waals surface area contributed by atoms with E-state index in [2.05, 4.69) is 48.8 Å².